The molecule has 2 heterocycles. The average molecular weight is 955 g/mol. The maximum Gasteiger partial charge on any atom is 0.491 e. The molecule has 0 saturated heterocycles. The smallest absolute Gasteiger partial charge is 0.433 e. The first-order valence-corrected chi connectivity index (χ1v) is 24.3. The number of nitrogens with one attached hydrogen (secondary N) is 1. The summed E-state index contributed by atoms with van der Waals surface area (Å²) in [5, 5.41) is 2.83. The predicted octanol–water partition coefficient (Wildman–Crippen LogP) is 7.37. The highest BCUT2D eigenvalue weighted by Crippen LogP contribution is 2.40. The van der Waals surface area contributed by atoms with Crippen molar-refractivity contribution >= 4 is 64.9 Å². The molecule has 0 aliphatic carbocycles. The lowest BCUT2D eigenvalue weighted by Crippen LogP contribution is -2.46. The molecule has 350 valence electrons. The Labute approximate surface area is 383 Å². The molecule has 0 saturated carbocycles. The van der Waals surface area contributed by atoms with E-state index in [1.807, 2.05) is 55.7 Å². The lowest BCUT2D eigenvalue weighted by molar-refractivity contribution is -0.210. The quantitative estimate of drug-likeness (QED) is 0.0359. The van der Waals surface area contributed by atoms with Gasteiger partial charge in [-0.3, -0.25) is 19.2 Å². The largest absolute Gasteiger partial charge is 0.491 e. The summed E-state index contributed by atoms with van der Waals surface area (Å²) >= 11 is 4.07. The second-order valence-corrected chi connectivity index (χ2v) is 19.3. The molecule has 4 amide bonds. The highest BCUT2D eigenvalue weighted by atomic mass is 32.2. The van der Waals surface area contributed by atoms with Crippen molar-refractivity contribution in [1.29, 1.82) is 0 Å². The number of benzene rings is 2. The summed E-state index contributed by atoms with van der Waals surface area (Å²) in [7, 11) is 0. The Balaban J connectivity index is 1.51. The summed E-state index contributed by atoms with van der Waals surface area (Å²) in [6, 6.07) is 12.0. The lowest BCUT2D eigenvalue weighted by Gasteiger charge is -2.40. The van der Waals surface area contributed by atoms with Crippen molar-refractivity contribution in [3.8, 4) is 11.3 Å². The van der Waals surface area contributed by atoms with Crippen molar-refractivity contribution in [2.75, 3.05) is 54.2 Å². The molecule has 0 spiro atoms. The zero-order chi connectivity index (χ0) is 46.9. The highest BCUT2D eigenvalue weighted by Gasteiger charge is 2.45. The molecule has 0 radical (unpaired) electrons. The van der Waals surface area contributed by atoms with Crippen molar-refractivity contribution in [3.63, 3.8) is 0 Å². The van der Waals surface area contributed by atoms with Gasteiger partial charge in [0.15, 0.2) is 6.23 Å². The molecule has 12 nitrogen and oxygen atoms in total. The van der Waals surface area contributed by atoms with Crippen LogP contribution in [0.25, 0.3) is 11.3 Å². The monoisotopic (exact) mass is 954 g/mol. The Morgan fingerprint density at radius 2 is 1.59 bits per heavy atom. The number of rotatable bonds is 26. The van der Waals surface area contributed by atoms with Gasteiger partial charge in [0.1, 0.15) is 17.5 Å². The molecule has 1 aliphatic heterocycles. The highest BCUT2D eigenvalue weighted by molar-refractivity contribution is 8.03. The molecule has 4 rings (SSSR count). The fourth-order valence-corrected chi connectivity index (χ4v) is 9.63. The number of nitrogens with zero attached hydrogens (tertiary/aromatic N) is 4. The van der Waals surface area contributed by atoms with Gasteiger partial charge in [-0.25, -0.2) is 23.5 Å². The number of imide groups is 1. The Kier molecular flexibility index (Phi) is 20.7. The van der Waals surface area contributed by atoms with Crippen molar-refractivity contribution in [1.82, 2.24) is 24.7 Å². The number of carbonyl (C=O) groups excluding carboxylic acids is 5. The normalized spacial score (nSPS) is 13.9. The van der Waals surface area contributed by atoms with E-state index >= 15 is 4.39 Å². The Bertz CT molecular complexity index is 2050. The van der Waals surface area contributed by atoms with E-state index in [1.54, 1.807) is 11.1 Å². The third-order valence-electron chi connectivity index (χ3n) is 9.73. The molecule has 3 aromatic rings. The van der Waals surface area contributed by atoms with Gasteiger partial charge in [0.25, 0.3) is 11.8 Å². The van der Waals surface area contributed by atoms with Crippen LogP contribution in [0.4, 0.5) is 22.0 Å². The number of esters is 1. The number of hydrogen-bond donors (Lipinski definition) is 2. The number of carbonyl (C=O) groups is 5. The molecule has 1 unspecified atom stereocenters. The van der Waals surface area contributed by atoms with Crippen LogP contribution in [0.2, 0.25) is 0 Å². The number of aromatic nitrogens is 2. The van der Waals surface area contributed by atoms with E-state index < -0.39 is 53.3 Å². The first-order chi connectivity index (χ1) is 30.4. The van der Waals surface area contributed by atoms with Crippen LogP contribution < -0.4 is 11.1 Å². The zero-order valence-electron chi connectivity index (χ0n) is 36.0. The molecule has 0 bridgehead atoms. The number of hydrogen-bond acceptors (Lipinski definition) is 11. The van der Waals surface area contributed by atoms with Gasteiger partial charge in [0.2, 0.25) is 11.8 Å². The molecule has 2 aromatic carbocycles. The van der Waals surface area contributed by atoms with Gasteiger partial charge in [-0.05, 0) is 60.7 Å². The topological polar surface area (TPSA) is 157 Å². The van der Waals surface area contributed by atoms with Crippen molar-refractivity contribution < 1.29 is 50.7 Å². The molecule has 1 aromatic heterocycles. The average Bonchev–Trinajstić information content (AvgIpc) is 3.80. The molecular weight excluding hydrogens is 900 g/mol. The van der Waals surface area contributed by atoms with Gasteiger partial charge in [0, 0.05) is 67.2 Å². The lowest BCUT2D eigenvalue weighted by atomic mass is 9.84. The van der Waals surface area contributed by atoms with E-state index in [-0.39, 0.29) is 41.8 Å². The molecular formula is C44H55F5N6O6S3. The zero-order valence-corrected chi connectivity index (χ0v) is 38.5. The van der Waals surface area contributed by atoms with Crippen LogP contribution in [0.5, 0.6) is 0 Å². The van der Waals surface area contributed by atoms with Crippen molar-refractivity contribution in [3.05, 3.63) is 89.9 Å². The van der Waals surface area contributed by atoms with E-state index in [0.29, 0.717) is 66.2 Å². The summed E-state index contributed by atoms with van der Waals surface area (Å²) in [6.45, 7) is 7.54. The van der Waals surface area contributed by atoms with Crippen LogP contribution in [-0.4, -0.2) is 116 Å². The van der Waals surface area contributed by atoms with Crippen LogP contribution in [0.15, 0.2) is 66.9 Å². The first kappa shape index (κ1) is 52.2. The van der Waals surface area contributed by atoms with Gasteiger partial charge >= 0.3 is 12.1 Å². The van der Waals surface area contributed by atoms with Crippen molar-refractivity contribution in [2.45, 2.75) is 77.9 Å². The minimum atomic E-state index is -5.33. The number of ether oxygens (including phenoxy) is 1. The second kappa shape index (κ2) is 25.3. The molecule has 2 atom stereocenters. The van der Waals surface area contributed by atoms with Crippen LogP contribution in [0.1, 0.15) is 70.3 Å². The van der Waals surface area contributed by atoms with Crippen LogP contribution in [0.3, 0.4) is 0 Å². The fraction of sp³-hybridized carbons (Fsp3) is 0.500. The number of alkyl halides is 3. The third kappa shape index (κ3) is 16.2. The molecule has 0 fully saturated rings. The number of imidazole rings is 1. The van der Waals surface area contributed by atoms with E-state index in [0.717, 1.165) is 66.3 Å². The molecule has 20 heteroatoms. The first-order valence-electron chi connectivity index (χ1n) is 20.8. The Hall–Kier alpha value is -4.40. The number of thioether (sulfide) groups is 3. The predicted molar refractivity (Wildman–Crippen MR) is 241 cm³/mol. The second-order valence-electron chi connectivity index (χ2n) is 15.9. The van der Waals surface area contributed by atoms with Crippen LogP contribution in [-0.2, 0) is 35.3 Å². The maximum absolute atomic E-state index is 15.2. The van der Waals surface area contributed by atoms with Crippen molar-refractivity contribution in [2.24, 2.45) is 11.1 Å². The van der Waals surface area contributed by atoms with Gasteiger partial charge in [-0.2, -0.15) is 48.5 Å². The number of halogens is 5. The van der Waals surface area contributed by atoms with E-state index in [9.17, 15) is 41.5 Å². The summed E-state index contributed by atoms with van der Waals surface area (Å²) < 4.78 is 75.3. The molecule has 1 aliphatic rings. The Morgan fingerprint density at radius 1 is 0.891 bits per heavy atom. The van der Waals surface area contributed by atoms with Gasteiger partial charge in [-0.15, -0.1) is 0 Å². The number of unbranched alkanes of at least 4 members (excludes halogenated alkanes) is 2. The van der Waals surface area contributed by atoms with Crippen LogP contribution >= 0.6 is 35.3 Å². The molecule has 3 N–H and O–H groups in total. The number of nitrogens with two attached hydrogens (primary N) is 1. The maximum atomic E-state index is 15.2. The van der Waals surface area contributed by atoms with E-state index in [2.05, 4.69) is 10.1 Å². The SMILES string of the molecule is CC(C)(C)[C@H](c1nc(-c2cc(F)ccc2F)cn1Cc1ccccc1)N(CCSCCSCC(OC(=O)C(F)(F)F)N1C(=O)C=CC1=O)C(=O)CCCCCSCC(=O)NCCCN. The summed E-state index contributed by atoms with van der Waals surface area (Å²) in [5.41, 5.74) is 5.96. The number of amides is 4. The van der Waals surface area contributed by atoms with Gasteiger partial charge in [0.05, 0.1) is 23.2 Å². The van der Waals surface area contributed by atoms with Gasteiger partial charge < -0.3 is 25.3 Å². The van der Waals surface area contributed by atoms with Crippen LogP contribution in [0, 0.1) is 17.0 Å². The summed E-state index contributed by atoms with van der Waals surface area (Å²) in [5.74, 6) is -3.33. The minimum absolute atomic E-state index is 0.0253. The fourth-order valence-electron chi connectivity index (χ4n) is 6.73. The summed E-state index contributed by atoms with van der Waals surface area (Å²) in [4.78, 5) is 69.8. The van der Waals surface area contributed by atoms with E-state index in [4.69, 9.17) is 10.7 Å². The minimum Gasteiger partial charge on any atom is -0.433 e. The Morgan fingerprint density at radius 3 is 2.27 bits per heavy atom. The van der Waals surface area contributed by atoms with E-state index in [1.165, 1.54) is 23.5 Å². The molecule has 64 heavy (non-hydrogen) atoms. The van der Waals surface area contributed by atoms with Gasteiger partial charge in [-0.1, -0.05) is 57.5 Å². The summed E-state index contributed by atoms with van der Waals surface area (Å²) in [6.07, 6.45) is -0.624. The standard InChI is InChI=1S/C44H55F5N6O6S3/c1-43(2,3)40(41-52-34(32-25-31(45)14-15-33(32)46)27-53(41)26-30-11-6-4-7-12-30)54(36(57)13-8-5-9-21-63-28-35(56)51-19-10-18-50)20-22-62-23-24-64-29-39(61-42(60)44(47,48)49)55-37(58)16-17-38(55)59/h4,6-7,11-12,14-17,25,27,39-40H,5,8-10,13,18-24,26,28-29,50H2,1-3H3,(H,51,56)/t39?,40-/m0/s1. The third-order valence-corrected chi connectivity index (χ3v) is 13.0.